The summed E-state index contributed by atoms with van der Waals surface area (Å²) in [6, 6.07) is 0. The molecule has 0 aromatic rings. The highest BCUT2D eigenvalue weighted by molar-refractivity contribution is 7.90. The summed E-state index contributed by atoms with van der Waals surface area (Å²) in [5.41, 5.74) is -1.18. The maximum Gasteiger partial charge on any atom is 0.410 e. The fraction of sp³-hybridized carbons (Fsp3) is 0.923. The predicted octanol–water partition coefficient (Wildman–Crippen LogP) is 1.04. The van der Waals surface area contributed by atoms with E-state index in [1.165, 1.54) is 6.26 Å². The first-order valence-electron chi connectivity index (χ1n) is 6.73. The van der Waals surface area contributed by atoms with Crippen molar-refractivity contribution in [2.75, 3.05) is 31.7 Å². The average Bonchev–Trinajstić information content (AvgIpc) is 2.25. The first-order valence-corrected chi connectivity index (χ1v) is 8.79. The minimum atomic E-state index is -3.16. The molecule has 1 saturated heterocycles. The third-order valence-corrected chi connectivity index (χ3v) is 4.52. The molecule has 1 heterocycles. The van der Waals surface area contributed by atoms with Gasteiger partial charge < -0.3 is 14.7 Å². The Kier molecular flexibility index (Phi) is 5.08. The minimum Gasteiger partial charge on any atom is -0.444 e. The number of aliphatic hydroxyl groups is 1. The smallest absolute Gasteiger partial charge is 0.410 e. The van der Waals surface area contributed by atoms with Crippen LogP contribution in [0.15, 0.2) is 0 Å². The van der Waals surface area contributed by atoms with E-state index < -0.39 is 20.9 Å². The summed E-state index contributed by atoms with van der Waals surface area (Å²) in [7, 11) is -3.16. The molecule has 0 radical (unpaired) electrons. The van der Waals surface area contributed by atoms with Gasteiger partial charge >= 0.3 is 6.09 Å². The Bertz CT molecular complexity index is 444. The molecule has 0 aliphatic carbocycles. The number of ether oxygens (including phenoxy) is 1. The van der Waals surface area contributed by atoms with Gasteiger partial charge in [0, 0.05) is 31.4 Å². The normalized spacial score (nSPS) is 19.8. The Morgan fingerprint density at radius 1 is 1.30 bits per heavy atom. The first kappa shape index (κ1) is 17.2. The summed E-state index contributed by atoms with van der Waals surface area (Å²) >= 11 is 0. The number of hydrogen-bond donors (Lipinski definition) is 1. The first-order chi connectivity index (χ1) is 8.96. The van der Waals surface area contributed by atoms with E-state index in [9.17, 15) is 18.3 Å². The zero-order valence-corrected chi connectivity index (χ0v) is 13.5. The SMILES string of the molecule is CC(C)(C)OC(=O)N1CCC(CO)(CS(C)(=O)=O)CC1. The van der Waals surface area contributed by atoms with Crippen molar-refractivity contribution in [3.05, 3.63) is 0 Å². The second-order valence-corrected chi connectivity index (χ2v) is 8.84. The molecular formula is C13H25NO5S. The molecule has 118 valence electrons. The Balaban J connectivity index is 2.64. The molecule has 0 aromatic heterocycles. The van der Waals surface area contributed by atoms with Gasteiger partial charge in [-0.3, -0.25) is 0 Å². The van der Waals surface area contributed by atoms with Gasteiger partial charge in [0.2, 0.25) is 0 Å². The van der Waals surface area contributed by atoms with Gasteiger partial charge in [0.25, 0.3) is 0 Å². The maximum atomic E-state index is 11.9. The largest absolute Gasteiger partial charge is 0.444 e. The van der Waals surface area contributed by atoms with Gasteiger partial charge in [-0.25, -0.2) is 13.2 Å². The molecule has 1 fully saturated rings. The molecule has 0 spiro atoms. The Labute approximate surface area is 121 Å². The summed E-state index contributed by atoms with van der Waals surface area (Å²) in [5.74, 6) is -0.0430. The zero-order valence-electron chi connectivity index (χ0n) is 12.7. The topological polar surface area (TPSA) is 83.9 Å². The number of rotatable bonds is 3. The molecule has 7 heteroatoms. The van der Waals surface area contributed by atoms with E-state index >= 15 is 0 Å². The molecule has 1 N–H and O–H groups in total. The number of piperidine rings is 1. The average molecular weight is 307 g/mol. The molecule has 6 nitrogen and oxygen atoms in total. The Morgan fingerprint density at radius 3 is 2.15 bits per heavy atom. The summed E-state index contributed by atoms with van der Waals surface area (Å²) < 4.78 is 28.2. The van der Waals surface area contributed by atoms with E-state index in [0.717, 1.165) is 0 Å². The van der Waals surface area contributed by atoms with Crippen molar-refractivity contribution in [1.29, 1.82) is 0 Å². The highest BCUT2D eigenvalue weighted by Crippen LogP contribution is 2.33. The second-order valence-electron chi connectivity index (χ2n) is 6.70. The van der Waals surface area contributed by atoms with Gasteiger partial charge in [-0.1, -0.05) is 0 Å². The standard InChI is InChI=1S/C13H25NO5S/c1-12(2,3)19-11(16)14-7-5-13(9-15,6-8-14)10-20(4,17)18/h15H,5-10H2,1-4H3. The maximum absolute atomic E-state index is 11.9. The second kappa shape index (κ2) is 5.89. The van der Waals surface area contributed by atoms with Gasteiger partial charge in [-0.05, 0) is 33.6 Å². The van der Waals surface area contributed by atoms with Crippen LogP contribution in [0.1, 0.15) is 33.6 Å². The Hall–Kier alpha value is -0.820. The quantitative estimate of drug-likeness (QED) is 0.842. The monoisotopic (exact) mass is 307 g/mol. The van der Waals surface area contributed by atoms with Crippen LogP contribution in [0, 0.1) is 5.41 Å². The Morgan fingerprint density at radius 2 is 1.80 bits per heavy atom. The number of likely N-dealkylation sites (tertiary alicyclic amines) is 1. The van der Waals surface area contributed by atoms with E-state index in [2.05, 4.69) is 0 Å². The number of nitrogens with zero attached hydrogens (tertiary/aromatic N) is 1. The van der Waals surface area contributed by atoms with Gasteiger partial charge in [0.15, 0.2) is 0 Å². The highest BCUT2D eigenvalue weighted by Gasteiger charge is 2.39. The lowest BCUT2D eigenvalue weighted by atomic mass is 9.81. The van der Waals surface area contributed by atoms with Crippen LogP contribution in [0.3, 0.4) is 0 Å². The number of carbonyl (C=O) groups excluding carboxylic acids is 1. The number of amides is 1. The molecule has 1 aliphatic heterocycles. The van der Waals surface area contributed by atoms with E-state index in [1.807, 2.05) is 0 Å². The predicted molar refractivity (Wildman–Crippen MR) is 76.3 cm³/mol. The van der Waals surface area contributed by atoms with Crippen molar-refractivity contribution >= 4 is 15.9 Å². The zero-order chi connectivity index (χ0) is 15.6. The number of hydrogen-bond acceptors (Lipinski definition) is 5. The summed E-state index contributed by atoms with van der Waals surface area (Å²) in [5, 5.41) is 9.52. The van der Waals surface area contributed by atoms with Gasteiger partial charge in [0.05, 0.1) is 5.75 Å². The fourth-order valence-corrected chi connectivity index (χ4v) is 3.89. The third-order valence-electron chi connectivity index (χ3n) is 3.38. The summed E-state index contributed by atoms with van der Waals surface area (Å²) in [6.07, 6.45) is 1.72. The highest BCUT2D eigenvalue weighted by atomic mass is 32.2. The van der Waals surface area contributed by atoms with Crippen molar-refractivity contribution < 1.29 is 23.1 Å². The molecule has 0 atom stereocenters. The van der Waals surface area contributed by atoms with Crippen LogP contribution >= 0.6 is 0 Å². The van der Waals surface area contributed by atoms with Gasteiger partial charge in [-0.15, -0.1) is 0 Å². The lowest BCUT2D eigenvalue weighted by Crippen LogP contribution is -2.48. The summed E-state index contributed by atoms with van der Waals surface area (Å²) in [6.45, 7) is 6.04. The van der Waals surface area contributed by atoms with Crippen LogP contribution in [0.4, 0.5) is 4.79 Å². The van der Waals surface area contributed by atoms with Crippen LogP contribution in [0.2, 0.25) is 0 Å². The molecule has 1 amide bonds. The van der Waals surface area contributed by atoms with Crippen molar-refractivity contribution in [3.63, 3.8) is 0 Å². The van der Waals surface area contributed by atoms with Crippen LogP contribution in [0.25, 0.3) is 0 Å². The van der Waals surface area contributed by atoms with Crippen LogP contribution < -0.4 is 0 Å². The number of carbonyl (C=O) groups is 1. The van der Waals surface area contributed by atoms with Crippen molar-refractivity contribution in [3.8, 4) is 0 Å². The summed E-state index contributed by atoms with van der Waals surface area (Å²) in [4.78, 5) is 13.5. The van der Waals surface area contributed by atoms with Crippen LogP contribution in [0.5, 0.6) is 0 Å². The molecule has 0 bridgehead atoms. The van der Waals surface area contributed by atoms with E-state index in [0.29, 0.717) is 25.9 Å². The number of sulfone groups is 1. The molecule has 0 unspecified atom stereocenters. The van der Waals surface area contributed by atoms with Crippen molar-refractivity contribution in [1.82, 2.24) is 4.90 Å². The van der Waals surface area contributed by atoms with Gasteiger partial charge in [-0.2, -0.15) is 0 Å². The van der Waals surface area contributed by atoms with Crippen LogP contribution in [-0.4, -0.2) is 61.8 Å². The van der Waals surface area contributed by atoms with Crippen LogP contribution in [-0.2, 0) is 14.6 Å². The van der Waals surface area contributed by atoms with Crippen molar-refractivity contribution in [2.45, 2.75) is 39.2 Å². The molecule has 1 rings (SSSR count). The molecule has 0 aromatic carbocycles. The van der Waals surface area contributed by atoms with E-state index in [-0.39, 0.29) is 18.5 Å². The van der Waals surface area contributed by atoms with E-state index in [4.69, 9.17) is 4.74 Å². The number of aliphatic hydroxyl groups excluding tert-OH is 1. The molecule has 1 aliphatic rings. The fourth-order valence-electron chi connectivity index (χ4n) is 2.39. The third kappa shape index (κ3) is 5.28. The lowest BCUT2D eigenvalue weighted by molar-refractivity contribution is 0.00457. The molecule has 20 heavy (non-hydrogen) atoms. The molecular weight excluding hydrogens is 282 g/mol. The van der Waals surface area contributed by atoms with Gasteiger partial charge in [0.1, 0.15) is 15.4 Å². The van der Waals surface area contributed by atoms with E-state index in [1.54, 1.807) is 25.7 Å². The van der Waals surface area contributed by atoms with Crippen molar-refractivity contribution in [2.24, 2.45) is 5.41 Å². The molecule has 0 saturated carbocycles. The lowest BCUT2D eigenvalue weighted by Gasteiger charge is -2.40. The minimum absolute atomic E-state index is 0.0430.